The fourth-order valence-corrected chi connectivity index (χ4v) is 4.51. The minimum atomic E-state index is -0.475. The Balaban J connectivity index is 1.30. The number of anilines is 2. The Hall–Kier alpha value is -3.49. The van der Waals surface area contributed by atoms with Crippen LogP contribution in [0.3, 0.4) is 0 Å². The fourth-order valence-electron chi connectivity index (χ4n) is 4.33. The highest BCUT2D eigenvalue weighted by atomic mass is 35.5. The largest absolute Gasteiger partial charge is 0.351 e. The minimum absolute atomic E-state index is 0.0369. The second-order valence-corrected chi connectivity index (χ2v) is 9.14. The quantitative estimate of drug-likeness (QED) is 0.327. The van der Waals surface area contributed by atoms with Crippen molar-refractivity contribution in [2.45, 2.75) is 25.8 Å². The van der Waals surface area contributed by atoms with E-state index in [9.17, 15) is 9.18 Å². The topological polar surface area (TPSA) is 85.9 Å². The summed E-state index contributed by atoms with van der Waals surface area (Å²) in [7, 11) is 0. The van der Waals surface area contributed by atoms with E-state index in [0.29, 0.717) is 30.2 Å². The standard InChI is InChI=1S/C26H26ClFN6O/c27-21-12-19(7-8-22(21)28)32-25-20-13-23(33-26(20)31-16-30-25)18-6-4-5-17(11-18)14-29-24(35)15-34-9-2-1-3-10-34/h4-8,11-13,16H,1-3,9-10,14-15H2,(H,29,35)(H2,30,31,32,33). The van der Waals surface area contributed by atoms with Crippen LogP contribution in [-0.4, -0.2) is 45.4 Å². The Morgan fingerprint density at radius 3 is 2.77 bits per heavy atom. The molecule has 0 atom stereocenters. The van der Waals surface area contributed by atoms with Crippen LogP contribution in [-0.2, 0) is 11.3 Å². The molecule has 2 aromatic carbocycles. The van der Waals surface area contributed by atoms with Crippen molar-refractivity contribution in [2.24, 2.45) is 0 Å². The monoisotopic (exact) mass is 492 g/mol. The highest BCUT2D eigenvalue weighted by Gasteiger charge is 2.14. The zero-order valence-electron chi connectivity index (χ0n) is 19.2. The number of nitrogens with zero attached hydrogens (tertiary/aromatic N) is 3. The Morgan fingerprint density at radius 2 is 1.94 bits per heavy atom. The van der Waals surface area contributed by atoms with Gasteiger partial charge >= 0.3 is 0 Å². The predicted molar refractivity (Wildman–Crippen MR) is 136 cm³/mol. The summed E-state index contributed by atoms with van der Waals surface area (Å²) in [6.45, 7) is 2.92. The number of halogens is 2. The number of carbonyl (C=O) groups excluding carboxylic acids is 1. The van der Waals surface area contributed by atoms with Gasteiger partial charge in [-0.2, -0.15) is 0 Å². The van der Waals surface area contributed by atoms with Crippen molar-refractivity contribution < 1.29 is 9.18 Å². The van der Waals surface area contributed by atoms with Gasteiger partial charge in [0.15, 0.2) is 0 Å². The Morgan fingerprint density at radius 1 is 1.09 bits per heavy atom. The number of hydrogen-bond acceptors (Lipinski definition) is 5. The van der Waals surface area contributed by atoms with Gasteiger partial charge < -0.3 is 15.6 Å². The third-order valence-electron chi connectivity index (χ3n) is 6.15. The lowest BCUT2D eigenvalue weighted by molar-refractivity contribution is -0.122. The van der Waals surface area contributed by atoms with E-state index in [2.05, 4.69) is 30.5 Å². The number of piperidine rings is 1. The number of benzene rings is 2. The number of amides is 1. The smallest absolute Gasteiger partial charge is 0.234 e. The van der Waals surface area contributed by atoms with Crippen LogP contribution in [0.1, 0.15) is 24.8 Å². The van der Waals surface area contributed by atoms with E-state index in [1.807, 2.05) is 30.3 Å². The number of nitrogens with one attached hydrogen (secondary N) is 3. The number of aromatic nitrogens is 3. The zero-order chi connectivity index (χ0) is 24.2. The predicted octanol–water partition coefficient (Wildman–Crippen LogP) is 5.26. The van der Waals surface area contributed by atoms with Gasteiger partial charge in [-0.25, -0.2) is 14.4 Å². The maximum Gasteiger partial charge on any atom is 0.234 e. The van der Waals surface area contributed by atoms with Crippen LogP contribution in [0, 0.1) is 5.82 Å². The third kappa shape index (κ3) is 5.61. The molecule has 1 aliphatic rings. The molecule has 1 saturated heterocycles. The van der Waals surface area contributed by atoms with Gasteiger partial charge in [0.2, 0.25) is 5.91 Å². The highest BCUT2D eigenvalue weighted by Crippen LogP contribution is 2.30. The highest BCUT2D eigenvalue weighted by molar-refractivity contribution is 6.31. The Labute approximate surface area is 207 Å². The lowest BCUT2D eigenvalue weighted by atomic mass is 10.1. The third-order valence-corrected chi connectivity index (χ3v) is 6.44. The van der Waals surface area contributed by atoms with Gasteiger partial charge in [0.25, 0.3) is 0 Å². The molecule has 0 radical (unpaired) electrons. The van der Waals surface area contributed by atoms with Crippen LogP contribution in [0.25, 0.3) is 22.3 Å². The first-order chi connectivity index (χ1) is 17.0. The molecule has 0 unspecified atom stereocenters. The van der Waals surface area contributed by atoms with E-state index in [-0.39, 0.29) is 10.9 Å². The van der Waals surface area contributed by atoms with Crippen LogP contribution < -0.4 is 10.6 Å². The second kappa shape index (κ2) is 10.4. The molecule has 2 aromatic heterocycles. The van der Waals surface area contributed by atoms with Crippen LogP contribution in [0.4, 0.5) is 15.9 Å². The molecular weight excluding hydrogens is 467 g/mol. The summed E-state index contributed by atoms with van der Waals surface area (Å²) in [5.74, 6) is 0.160. The number of aromatic amines is 1. The number of fused-ring (bicyclic) bond motifs is 1. The molecule has 4 aromatic rings. The number of H-pyrrole nitrogens is 1. The molecule has 7 nitrogen and oxygen atoms in total. The average Bonchev–Trinajstić information content (AvgIpc) is 3.32. The number of hydrogen-bond donors (Lipinski definition) is 3. The molecule has 0 aliphatic carbocycles. The van der Waals surface area contributed by atoms with Gasteiger partial charge in [0.05, 0.1) is 17.0 Å². The van der Waals surface area contributed by atoms with Crippen molar-refractivity contribution in [1.29, 1.82) is 0 Å². The zero-order valence-corrected chi connectivity index (χ0v) is 19.9. The van der Waals surface area contributed by atoms with Crippen molar-refractivity contribution in [3.8, 4) is 11.3 Å². The van der Waals surface area contributed by atoms with E-state index in [4.69, 9.17) is 11.6 Å². The molecule has 1 amide bonds. The van der Waals surface area contributed by atoms with E-state index in [1.54, 1.807) is 6.07 Å². The van der Waals surface area contributed by atoms with Crippen molar-refractivity contribution in [2.75, 3.05) is 25.0 Å². The molecule has 0 spiro atoms. The van der Waals surface area contributed by atoms with Gasteiger partial charge in [-0.15, -0.1) is 0 Å². The van der Waals surface area contributed by atoms with Gasteiger partial charge in [0, 0.05) is 17.9 Å². The second-order valence-electron chi connectivity index (χ2n) is 8.74. The average molecular weight is 493 g/mol. The molecule has 35 heavy (non-hydrogen) atoms. The lowest BCUT2D eigenvalue weighted by Crippen LogP contribution is -2.39. The molecule has 1 aliphatic heterocycles. The van der Waals surface area contributed by atoms with E-state index < -0.39 is 5.82 Å². The van der Waals surface area contributed by atoms with Crippen molar-refractivity contribution in [3.63, 3.8) is 0 Å². The van der Waals surface area contributed by atoms with Crippen LogP contribution in [0.2, 0.25) is 5.02 Å². The number of likely N-dealkylation sites (tertiary alicyclic amines) is 1. The summed E-state index contributed by atoms with van der Waals surface area (Å²) < 4.78 is 13.5. The first-order valence-electron chi connectivity index (χ1n) is 11.7. The minimum Gasteiger partial charge on any atom is -0.351 e. The molecular formula is C26H26ClFN6O. The molecule has 5 rings (SSSR count). The summed E-state index contributed by atoms with van der Waals surface area (Å²) >= 11 is 5.91. The summed E-state index contributed by atoms with van der Waals surface area (Å²) in [4.78, 5) is 26.6. The maximum absolute atomic E-state index is 13.5. The van der Waals surface area contributed by atoms with Gasteiger partial charge in [-0.1, -0.05) is 36.2 Å². The van der Waals surface area contributed by atoms with Gasteiger partial charge in [-0.05, 0) is 67.4 Å². The van der Waals surface area contributed by atoms with E-state index in [1.165, 1.54) is 37.7 Å². The molecule has 9 heteroatoms. The van der Waals surface area contributed by atoms with Gasteiger partial charge in [-0.3, -0.25) is 9.69 Å². The first-order valence-corrected chi connectivity index (χ1v) is 12.1. The van der Waals surface area contributed by atoms with Gasteiger partial charge in [0.1, 0.15) is 23.6 Å². The Kier molecular flexibility index (Phi) is 6.92. The number of rotatable bonds is 7. The van der Waals surface area contributed by atoms with Crippen molar-refractivity contribution in [1.82, 2.24) is 25.2 Å². The molecule has 180 valence electrons. The van der Waals surface area contributed by atoms with E-state index in [0.717, 1.165) is 35.3 Å². The Bertz CT molecular complexity index is 1350. The molecule has 0 bridgehead atoms. The van der Waals surface area contributed by atoms with Crippen LogP contribution in [0.5, 0.6) is 0 Å². The number of carbonyl (C=O) groups is 1. The molecule has 1 fully saturated rings. The summed E-state index contributed by atoms with van der Waals surface area (Å²) in [5.41, 5.74) is 4.16. The lowest BCUT2D eigenvalue weighted by Gasteiger charge is -2.25. The molecule has 3 heterocycles. The van der Waals surface area contributed by atoms with Crippen LogP contribution in [0.15, 0.2) is 54.9 Å². The van der Waals surface area contributed by atoms with Crippen LogP contribution >= 0.6 is 11.6 Å². The molecule has 3 N–H and O–H groups in total. The first kappa shape index (κ1) is 23.3. The molecule has 0 saturated carbocycles. The van der Waals surface area contributed by atoms with Crippen molar-refractivity contribution in [3.05, 3.63) is 71.3 Å². The fraction of sp³-hybridized carbons (Fsp3) is 0.269. The SMILES string of the molecule is O=C(CN1CCCCC1)NCc1cccc(-c2cc3c(Nc4ccc(F)c(Cl)c4)ncnc3[nH]2)c1. The van der Waals surface area contributed by atoms with Crippen molar-refractivity contribution >= 4 is 40.0 Å². The maximum atomic E-state index is 13.5. The summed E-state index contributed by atoms with van der Waals surface area (Å²) in [6.07, 6.45) is 5.05. The summed E-state index contributed by atoms with van der Waals surface area (Å²) in [5, 5.41) is 7.05. The normalized spacial score (nSPS) is 14.2. The summed E-state index contributed by atoms with van der Waals surface area (Å²) in [6, 6.07) is 14.4. The van der Waals surface area contributed by atoms with E-state index >= 15 is 0 Å².